The number of nitrogens with one attached hydrogen (secondary N) is 1. The summed E-state index contributed by atoms with van der Waals surface area (Å²) in [5.41, 5.74) is 8.12. The molecule has 0 aliphatic carbocycles. The quantitative estimate of drug-likeness (QED) is 0.652. The fourth-order valence-corrected chi connectivity index (χ4v) is 3.13. The number of aliphatic hydroxyl groups is 1. The molecule has 2 aromatic rings. The highest BCUT2D eigenvalue weighted by Gasteiger charge is 2.28. The lowest BCUT2D eigenvalue weighted by Crippen LogP contribution is -2.32. The molecular formula is C18H21N3O4. The van der Waals surface area contributed by atoms with Gasteiger partial charge in [0.1, 0.15) is 5.56 Å². The van der Waals surface area contributed by atoms with Crippen molar-refractivity contribution in [2.45, 2.75) is 25.5 Å². The van der Waals surface area contributed by atoms with Gasteiger partial charge in [-0.05, 0) is 35.7 Å². The van der Waals surface area contributed by atoms with Crippen molar-refractivity contribution in [3.63, 3.8) is 0 Å². The second kappa shape index (κ2) is 6.70. The van der Waals surface area contributed by atoms with Crippen LogP contribution in [0.25, 0.3) is 11.3 Å². The first-order valence-corrected chi connectivity index (χ1v) is 8.19. The third kappa shape index (κ3) is 3.29. The molecule has 0 radical (unpaired) electrons. The van der Waals surface area contributed by atoms with Crippen molar-refractivity contribution in [3.8, 4) is 11.3 Å². The Labute approximate surface area is 144 Å². The number of benzene rings is 1. The summed E-state index contributed by atoms with van der Waals surface area (Å²) in [6, 6.07) is 8.73. The average Bonchev–Trinajstić information content (AvgIpc) is 2.93. The summed E-state index contributed by atoms with van der Waals surface area (Å²) in [5, 5.41) is 18.9. The molecule has 132 valence electrons. The minimum absolute atomic E-state index is 0.253. The van der Waals surface area contributed by atoms with Crippen LogP contribution < -0.4 is 16.2 Å². The van der Waals surface area contributed by atoms with Gasteiger partial charge in [0, 0.05) is 24.8 Å². The molecule has 1 aliphatic rings. The minimum Gasteiger partial charge on any atom is -0.477 e. The van der Waals surface area contributed by atoms with Crippen molar-refractivity contribution in [1.82, 2.24) is 4.98 Å². The standard InChI is InChI=1S/C18H21N3O4/c1-2-10-7-13(18(24)25)17(23)20-16(10)11-3-5-12(6-4-11)21-8-14(19)15(22)9-21/h3-7,14-15,22H,2,8-9,19H2,1H3,(H,20,23)(H,24,25)/t14-,15+/m0/s1. The van der Waals surface area contributed by atoms with E-state index in [-0.39, 0.29) is 11.6 Å². The summed E-state index contributed by atoms with van der Waals surface area (Å²) in [7, 11) is 0. The number of aromatic amines is 1. The smallest absolute Gasteiger partial charge is 0.341 e. The zero-order valence-electron chi connectivity index (χ0n) is 13.9. The van der Waals surface area contributed by atoms with E-state index in [0.29, 0.717) is 25.2 Å². The van der Waals surface area contributed by atoms with Crippen LogP contribution in [0.5, 0.6) is 0 Å². The Balaban J connectivity index is 1.94. The van der Waals surface area contributed by atoms with Crippen LogP contribution in [0.15, 0.2) is 35.1 Å². The Hall–Kier alpha value is -2.64. The van der Waals surface area contributed by atoms with Gasteiger partial charge < -0.3 is 25.8 Å². The normalized spacial score (nSPS) is 20.0. The summed E-state index contributed by atoms with van der Waals surface area (Å²) >= 11 is 0. The lowest BCUT2D eigenvalue weighted by molar-refractivity contribution is 0.0695. The number of nitrogens with two attached hydrogens (primary N) is 1. The number of carboxylic acid groups (broad SMARTS) is 1. The number of pyridine rings is 1. The predicted molar refractivity (Wildman–Crippen MR) is 95.0 cm³/mol. The molecular weight excluding hydrogens is 322 g/mol. The van der Waals surface area contributed by atoms with E-state index < -0.39 is 17.6 Å². The van der Waals surface area contributed by atoms with Gasteiger partial charge in [-0.3, -0.25) is 4.79 Å². The van der Waals surface area contributed by atoms with Crippen molar-refractivity contribution in [2.24, 2.45) is 5.73 Å². The number of rotatable bonds is 4. The summed E-state index contributed by atoms with van der Waals surface area (Å²) < 4.78 is 0. The Morgan fingerprint density at radius 1 is 1.32 bits per heavy atom. The maximum absolute atomic E-state index is 12.0. The fraction of sp³-hybridized carbons (Fsp3) is 0.333. The van der Waals surface area contributed by atoms with Crippen LogP contribution in [0, 0.1) is 0 Å². The molecule has 7 nitrogen and oxygen atoms in total. The molecule has 1 aromatic carbocycles. The molecule has 1 aliphatic heterocycles. The van der Waals surface area contributed by atoms with Crippen molar-refractivity contribution < 1.29 is 15.0 Å². The van der Waals surface area contributed by atoms with E-state index in [0.717, 1.165) is 16.8 Å². The molecule has 1 fully saturated rings. The maximum atomic E-state index is 12.0. The maximum Gasteiger partial charge on any atom is 0.341 e. The van der Waals surface area contributed by atoms with Crippen molar-refractivity contribution in [2.75, 3.05) is 18.0 Å². The largest absolute Gasteiger partial charge is 0.477 e. The van der Waals surface area contributed by atoms with Gasteiger partial charge >= 0.3 is 5.97 Å². The highest BCUT2D eigenvalue weighted by molar-refractivity contribution is 5.88. The summed E-state index contributed by atoms with van der Waals surface area (Å²) in [6.45, 7) is 2.99. The number of aliphatic hydroxyl groups excluding tert-OH is 1. The number of carbonyl (C=O) groups is 1. The number of carboxylic acids is 1. The molecule has 5 N–H and O–H groups in total. The number of aryl methyl sites for hydroxylation is 1. The van der Waals surface area contributed by atoms with Gasteiger partial charge in [-0.25, -0.2) is 4.79 Å². The Morgan fingerprint density at radius 2 is 2.00 bits per heavy atom. The number of anilines is 1. The summed E-state index contributed by atoms with van der Waals surface area (Å²) in [4.78, 5) is 27.8. The first-order chi connectivity index (χ1) is 11.9. The van der Waals surface area contributed by atoms with Crippen LogP contribution >= 0.6 is 0 Å². The number of hydrogen-bond donors (Lipinski definition) is 4. The molecule has 2 heterocycles. The lowest BCUT2D eigenvalue weighted by atomic mass is 10.0. The van der Waals surface area contributed by atoms with Gasteiger partial charge in [0.25, 0.3) is 5.56 Å². The molecule has 0 saturated carbocycles. The number of aromatic nitrogens is 1. The van der Waals surface area contributed by atoms with Crippen LogP contribution in [0.2, 0.25) is 0 Å². The van der Waals surface area contributed by atoms with Crippen LogP contribution in [0.1, 0.15) is 22.8 Å². The van der Waals surface area contributed by atoms with Gasteiger partial charge in [-0.2, -0.15) is 0 Å². The zero-order chi connectivity index (χ0) is 18.1. The van der Waals surface area contributed by atoms with Crippen LogP contribution in [0.3, 0.4) is 0 Å². The van der Waals surface area contributed by atoms with Gasteiger partial charge in [0.15, 0.2) is 0 Å². The third-order valence-corrected chi connectivity index (χ3v) is 4.59. The highest BCUT2D eigenvalue weighted by atomic mass is 16.4. The second-order valence-electron chi connectivity index (χ2n) is 6.25. The van der Waals surface area contributed by atoms with Crippen LogP contribution in [0.4, 0.5) is 5.69 Å². The predicted octanol–water partition coefficient (Wildman–Crippen LogP) is 0.811. The first kappa shape index (κ1) is 17.2. The number of H-pyrrole nitrogens is 1. The average molecular weight is 343 g/mol. The number of hydrogen-bond acceptors (Lipinski definition) is 5. The van der Waals surface area contributed by atoms with Gasteiger partial charge in [0.2, 0.25) is 0 Å². The van der Waals surface area contributed by atoms with E-state index >= 15 is 0 Å². The van der Waals surface area contributed by atoms with E-state index in [1.165, 1.54) is 6.07 Å². The number of nitrogens with zero attached hydrogens (tertiary/aromatic N) is 1. The van der Waals surface area contributed by atoms with Crippen LogP contribution in [-0.4, -0.2) is 46.4 Å². The van der Waals surface area contributed by atoms with Crippen molar-refractivity contribution in [1.29, 1.82) is 0 Å². The van der Waals surface area contributed by atoms with Crippen molar-refractivity contribution >= 4 is 11.7 Å². The van der Waals surface area contributed by atoms with Gasteiger partial charge in [0.05, 0.1) is 11.8 Å². The van der Waals surface area contributed by atoms with E-state index in [2.05, 4.69) is 4.98 Å². The zero-order valence-corrected chi connectivity index (χ0v) is 13.9. The number of β-amino-alcohol motifs (C(OH)–C–C–N with tert-alkyl or cyclic N) is 1. The first-order valence-electron chi connectivity index (χ1n) is 8.19. The molecule has 0 unspecified atom stereocenters. The minimum atomic E-state index is -1.23. The topological polar surface area (TPSA) is 120 Å². The Kier molecular flexibility index (Phi) is 4.61. The lowest BCUT2D eigenvalue weighted by Gasteiger charge is -2.18. The van der Waals surface area contributed by atoms with E-state index in [4.69, 9.17) is 10.8 Å². The fourth-order valence-electron chi connectivity index (χ4n) is 3.13. The van der Waals surface area contributed by atoms with E-state index in [1.807, 2.05) is 36.1 Å². The molecule has 7 heteroatoms. The highest BCUT2D eigenvalue weighted by Crippen LogP contribution is 2.26. The molecule has 0 bridgehead atoms. The molecule has 3 rings (SSSR count). The molecule has 25 heavy (non-hydrogen) atoms. The third-order valence-electron chi connectivity index (χ3n) is 4.59. The summed E-state index contributed by atoms with van der Waals surface area (Å²) in [5.74, 6) is -1.23. The number of aromatic carboxylic acids is 1. The monoisotopic (exact) mass is 343 g/mol. The molecule has 2 atom stereocenters. The summed E-state index contributed by atoms with van der Waals surface area (Å²) in [6.07, 6.45) is 0.0627. The molecule has 0 amide bonds. The Morgan fingerprint density at radius 3 is 2.52 bits per heavy atom. The van der Waals surface area contributed by atoms with Crippen molar-refractivity contribution in [3.05, 3.63) is 51.8 Å². The van der Waals surface area contributed by atoms with E-state index in [1.54, 1.807) is 0 Å². The van der Waals surface area contributed by atoms with Crippen LogP contribution in [-0.2, 0) is 6.42 Å². The second-order valence-corrected chi connectivity index (χ2v) is 6.25. The van der Waals surface area contributed by atoms with Gasteiger partial charge in [-0.1, -0.05) is 19.1 Å². The Bertz CT molecular complexity index is 834. The molecule has 1 saturated heterocycles. The molecule has 0 spiro atoms. The SMILES string of the molecule is CCc1cc(C(=O)O)c(=O)[nH]c1-c1ccc(N2C[C@@H](O)[C@@H](N)C2)cc1. The van der Waals surface area contributed by atoms with E-state index in [9.17, 15) is 14.7 Å². The molecule has 1 aromatic heterocycles. The van der Waals surface area contributed by atoms with Gasteiger partial charge in [-0.15, -0.1) is 0 Å².